The largest absolute Gasteiger partial charge is 0.486 e. The number of halogens is 2. The lowest BCUT2D eigenvalue weighted by molar-refractivity contribution is -0.385. The van der Waals surface area contributed by atoms with Crippen molar-refractivity contribution in [1.82, 2.24) is 0 Å². The number of ether oxygens (including phenoxy) is 1. The van der Waals surface area contributed by atoms with Gasteiger partial charge < -0.3 is 4.74 Å². The fourth-order valence-electron chi connectivity index (χ4n) is 1.51. The summed E-state index contributed by atoms with van der Waals surface area (Å²) >= 11 is 11.5. The molecule has 100 valence electrons. The fraction of sp³-hybridized carbons (Fsp3) is 0.500. The van der Waals surface area contributed by atoms with Crippen molar-refractivity contribution in [3.05, 3.63) is 33.3 Å². The first kappa shape index (κ1) is 15.1. The lowest BCUT2D eigenvalue weighted by Crippen LogP contribution is -2.01. The van der Waals surface area contributed by atoms with Gasteiger partial charge in [-0.05, 0) is 18.9 Å². The van der Waals surface area contributed by atoms with Crippen LogP contribution in [-0.2, 0) is 0 Å². The molecule has 0 saturated heterocycles. The van der Waals surface area contributed by atoms with Crippen LogP contribution >= 0.6 is 23.2 Å². The molecule has 0 spiro atoms. The van der Waals surface area contributed by atoms with Crippen LogP contribution in [-0.4, -0.2) is 17.4 Å². The number of nitro benzene ring substituents is 1. The van der Waals surface area contributed by atoms with Gasteiger partial charge in [-0.1, -0.05) is 30.5 Å². The molecule has 6 heteroatoms. The number of nitrogens with zero attached hydrogens (tertiary/aromatic N) is 1. The second-order valence-electron chi connectivity index (χ2n) is 3.80. The summed E-state index contributed by atoms with van der Waals surface area (Å²) in [6.45, 7) is 0.423. The van der Waals surface area contributed by atoms with Crippen molar-refractivity contribution in [3.63, 3.8) is 0 Å². The minimum atomic E-state index is -0.491. The van der Waals surface area contributed by atoms with Gasteiger partial charge in [-0.25, -0.2) is 0 Å². The zero-order valence-electron chi connectivity index (χ0n) is 9.90. The van der Waals surface area contributed by atoms with E-state index in [2.05, 4.69) is 0 Å². The second-order valence-corrected chi connectivity index (χ2v) is 4.58. The van der Waals surface area contributed by atoms with E-state index < -0.39 is 4.92 Å². The summed E-state index contributed by atoms with van der Waals surface area (Å²) in [5.74, 6) is 0.818. The molecule has 18 heavy (non-hydrogen) atoms. The summed E-state index contributed by atoms with van der Waals surface area (Å²) in [6, 6.07) is 4.50. The molecule has 0 N–H and O–H groups in total. The molecule has 0 radical (unpaired) electrons. The predicted octanol–water partition coefficient (Wildman–Crippen LogP) is 4.43. The molecule has 0 aliphatic carbocycles. The van der Waals surface area contributed by atoms with E-state index in [9.17, 15) is 10.1 Å². The molecule has 0 amide bonds. The van der Waals surface area contributed by atoms with Gasteiger partial charge in [0.2, 0.25) is 5.75 Å². The van der Waals surface area contributed by atoms with Crippen molar-refractivity contribution in [2.24, 2.45) is 0 Å². The van der Waals surface area contributed by atoms with Crippen LogP contribution in [0.25, 0.3) is 0 Å². The van der Waals surface area contributed by atoms with Crippen LogP contribution in [0.1, 0.15) is 25.7 Å². The number of alkyl halides is 1. The fourth-order valence-corrected chi connectivity index (χ4v) is 1.92. The molecule has 0 heterocycles. The Kier molecular flexibility index (Phi) is 6.83. The molecular weight excluding hydrogens is 277 g/mol. The van der Waals surface area contributed by atoms with Crippen molar-refractivity contribution in [2.75, 3.05) is 12.5 Å². The van der Waals surface area contributed by atoms with Gasteiger partial charge in [0.1, 0.15) is 0 Å². The van der Waals surface area contributed by atoms with Gasteiger partial charge in [-0.2, -0.15) is 0 Å². The summed E-state index contributed by atoms with van der Waals surface area (Å²) in [6.07, 6.45) is 3.84. The Morgan fingerprint density at radius 1 is 1.22 bits per heavy atom. The highest BCUT2D eigenvalue weighted by atomic mass is 35.5. The van der Waals surface area contributed by atoms with E-state index >= 15 is 0 Å². The van der Waals surface area contributed by atoms with Gasteiger partial charge in [0.15, 0.2) is 0 Å². The number of benzene rings is 1. The number of para-hydroxylation sites is 1. The third kappa shape index (κ3) is 4.70. The maximum absolute atomic E-state index is 10.8. The van der Waals surface area contributed by atoms with Gasteiger partial charge in [0.25, 0.3) is 0 Å². The van der Waals surface area contributed by atoms with E-state index in [-0.39, 0.29) is 16.5 Å². The van der Waals surface area contributed by atoms with Crippen LogP contribution in [0.4, 0.5) is 5.69 Å². The van der Waals surface area contributed by atoms with Crippen LogP contribution in [0, 0.1) is 10.1 Å². The number of unbranched alkanes of at least 4 members (excludes halogenated alkanes) is 3. The molecule has 0 aliphatic rings. The number of nitro groups is 1. The van der Waals surface area contributed by atoms with Crippen LogP contribution in [0.5, 0.6) is 5.75 Å². The average molecular weight is 292 g/mol. The molecule has 4 nitrogen and oxygen atoms in total. The van der Waals surface area contributed by atoms with Gasteiger partial charge >= 0.3 is 5.69 Å². The Hall–Kier alpha value is -1.000. The highest BCUT2D eigenvalue weighted by Gasteiger charge is 2.17. The quantitative estimate of drug-likeness (QED) is 0.308. The molecular formula is C12H15Cl2NO3. The van der Waals surface area contributed by atoms with Gasteiger partial charge in [-0.15, -0.1) is 11.6 Å². The van der Waals surface area contributed by atoms with Gasteiger partial charge in [-0.3, -0.25) is 10.1 Å². The Labute approximate surface area is 116 Å². The monoisotopic (exact) mass is 291 g/mol. The van der Waals surface area contributed by atoms with E-state index in [1.807, 2.05) is 0 Å². The number of hydrogen-bond donors (Lipinski definition) is 0. The molecule has 0 fully saturated rings. The van der Waals surface area contributed by atoms with E-state index in [0.29, 0.717) is 12.5 Å². The highest BCUT2D eigenvalue weighted by Crippen LogP contribution is 2.34. The van der Waals surface area contributed by atoms with E-state index in [1.54, 1.807) is 6.07 Å². The Bertz CT molecular complexity index is 399. The Morgan fingerprint density at radius 2 is 1.94 bits per heavy atom. The summed E-state index contributed by atoms with van der Waals surface area (Å²) in [7, 11) is 0. The smallest absolute Gasteiger partial charge is 0.312 e. The molecule has 0 bridgehead atoms. The minimum absolute atomic E-state index is 0.0942. The molecule has 1 aromatic carbocycles. The van der Waals surface area contributed by atoms with Crippen molar-refractivity contribution in [2.45, 2.75) is 25.7 Å². The van der Waals surface area contributed by atoms with Crippen molar-refractivity contribution in [3.8, 4) is 5.75 Å². The number of hydrogen-bond acceptors (Lipinski definition) is 3. The third-order valence-corrected chi connectivity index (χ3v) is 2.98. The van der Waals surface area contributed by atoms with Crippen molar-refractivity contribution < 1.29 is 9.66 Å². The normalized spacial score (nSPS) is 10.3. The zero-order chi connectivity index (χ0) is 13.4. The molecule has 0 unspecified atom stereocenters. The predicted molar refractivity (Wildman–Crippen MR) is 72.8 cm³/mol. The van der Waals surface area contributed by atoms with Crippen molar-refractivity contribution >= 4 is 28.9 Å². The first-order chi connectivity index (χ1) is 8.66. The first-order valence-corrected chi connectivity index (χ1v) is 6.69. The van der Waals surface area contributed by atoms with Crippen LogP contribution in [0.15, 0.2) is 18.2 Å². The summed E-state index contributed by atoms with van der Waals surface area (Å²) in [5.41, 5.74) is -0.0942. The molecule has 0 atom stereocenters. The second kappa shape index (κ2) is 8.16. The van der Waals surface area contributed by atoms with Crippen LogP contribution in [0.3, 0.4) is 0 Å². The van der Waals surface area contributed by atoms with Crippen LogP contribution in [0.2, 0.25) is 5.02 Å². The molecule has 1 aromatic rings. The Balaban J connectivity index is 2.48. The van der Waals surface area contributed by atoms with E-state index in [4.69, 9.17) is 27.9 Å². The van der Waals surface area contributed by atoms with Crippen LogP contribution < -0.4 is 4.74 Å². The SMILES string of the molecule is O=[N+]([O-])c1cccc(Cl)c1OCCCCCCCl. The highest BCUT2D eigenvalue weighted by molar-refractivity contribution is 6.32. The molecule has 0 aromatic heterocycles. The molecule has 0 aliphatic heterocycles. The van der Waals surface area contributed by atoms with Crippen molar-refractivity contribution in [1.29, 1.82) is 0 Å². The minimum Gasteiger partial charge on any atom is -0.486 e. The van der Waals surface area contributed by atoms with E-state index in [0.717, 1.165) is 25.7 Å². The first-order valence-electron chi connectivity index (χ1n) is 5.78. The molecule has 0 saturated carbocycles. The summed E-state index contributed by atoms with van der Waals surface area (Å²) in [5, 5.41) is 11.1. The summed E-state index contributed by atoms with van der Waals surface area (Å²) < 4.78 is 5.40. The third-order valence-electron chi connectivity index (χ3n) is 2.42. The lowest BCUT2D eigenvalue weighted by Gasteiger charge is -2.08. The van der Waals surface area contributed by atoms with Gasteiger partial charge in [0.05, 0.1) is 16.6 Å². The average Bonchev–Trinajstić information content (AvgIpc) is 2.34. The lowest BCUT2D eigenvalue weighted by atomic mass is 10.2. The number of rotatable bonds is 8. The zero-order valence-corrected chi connectivity index (χ0v) is 11.4. The van der Waals surface area contributed by atoms with Gasteiger partial charge in [0, 0.05) is 11.9 Å². The standard InChI is InChI=1S/C12H15Cl2NO3/c13-8-3-1-2-4-9-18-12-10(14)6-5-7-11(12)15(16)17/h5-7H,1-4,8-9H2. The maximum Gasteiger partial charge on any atom is 0.312 e. The maximum atomic E-state index is 10.8. The molecule has 1 rings (SSSR count). The Morgan fingerprint density at radius 3 is 2.61 bits per heavy atom. The topological polar surface area (TPSA) is 52.4 Å². The van der Waals surface area contributed by atoms with E-state index in [1.165, 1.54) is 12.1 Å². The summed E-state index contributed by atoms with van der Waals surface area (Å²) in [4.78, 5) is 10.3.